The zero-order valence-electron chi connectivity index (χ0n) is 28.8. The van der Waals surface area contributed by atoms with Crippen molar-refractivity contribution in [1.82, 2.24) is 19.4 Å². The highest BCUT2D eigenvalue weighted by Gasteiger charge is 2.34. The predicted molar refractivity (Wildman–Crippen MR) is 198 cm³/mol. The smallest absolute Gasteiger partial charge is 0.410 e. The fraction of sp³-hybridized carbons (Fsp3) is 0.316. The van der Waals surface area contributed by atoms with Crippen molar-refractivity contribution in [3.8, 4) is 11.5 Å². The van der Waals surface area contributed by atoms with Gasteiger partial charge in [-0.3, -0.25) is 0 Å². The maximum atomic E-state index is 12.9. The minimum absolute atomic E-state index is 0.0224. The molecule has 12 heteroatoms. The number of para-hydroxylation sites is 1. The molecule has 0 aliphatic carbocycles. The largest absolute Gasteiger partial charge is 0.457 e. The van der Waals surface area contributed by atoms with E-state index in [4.69, 9.17) is 29.3 Å². The van der Waals surface area contributed by atoms with Gasteiger partial charge in [0.2, 0.25) is 0 Å². The first kappa shape index (κ1) is 33.3. The molecule has 258 valence electrons. The van der Waals surface area contributed by atoms with Gasteiger partial charge in [-0.05, 0) is 60.8 Å². The fourth-order valence-corrected chi connectivity index (χ4v) is 6.88. The summed E-state index contributed by atoms with van der Waals surface area (Å²) in [5.41, 5.74) is 3.54. The first-order valence-corrected chi connectivity index (χ1v) is 20.9. The minimum Gasteiger partial charge on any atom is -0.457 e. The van der Waals surface area contributed by atoms with Gasteiger partial charge >= 0.3 is 6.09 Å². The topological polar surface area (TPSA) is 106 Å². The molecule has 2 aromatic heterocycles. The second kappa shape index (κ2) is 14.7. The fourth-order valence-electron chi connectivity index (χ4n) is 6.13. The Morgan fingerprint density at radius 2 is 1.60 bits per heavy atom. The summed E-state index contributed by atoms with van der Waals surface area (Å²) in [5.74, 6) is 2.97. The van der Waals surface area contributed by atoms with Crippen LogP contribution in [0.4, 0.5) is 16.3 Å². The van der Waals surface area contributed by atoms with Gasteiger partial charge in [-0.15, -0.1) is 0 Å². The van der Waals surface area contributed by atoms with Crippen molar-refractivity contribution in [2.24, 2.45) is 5.10 Å². The Hall–Kier alpha value is -5.20. The summed E-state index contributed by atoms with van der Waals surface area (Å²) in [6.07, 6.45) is 4.78. The maximum Gasteiger partial charge on any atom is 0.410 e. The molecule has 5 aromatic rings. The van der Waals surface area contributed by atoms with Crippen LogP contribution in [0.2, 0.25) is 25.7 Å². The molecular weight excluding hydrogens is 647 g/mol. The van der Waals surface area contributed by atoms with Crippen LogP contribution in [0.5, 0.6) is 11.5 Å². The molecule has 0 spiro atoms. The van der Waals surface area contributed by atoms with Crippen molar-refractivity contribution >= 4 is 42.5 Å². The van der Waals surface area contributed by atoms with Crippen LogP contribution in [0, 0.1) is 0 Å². The molecule has 11 nitrogen and oxygen atoms in total. The first-order chi connectivity index (χ1) is 24.3. The molecule has 1 saturated heterocycles. The molecule has 4 heterocycles. The lowest BCUT2D eigenvalue weighted by molar-refractivity contribution is 0.0868. The number of anilines is 2. The summed E-state index contributed by atoms with van der Waals surface area (Å²) >= 11 is 0. The van der Waals surface area contributed by atoms with Gasteiger partial charge in [0.15, 0.2) is 11.7 Å². The number of hydrogen-bond acceptors (Lipinski definition) is 9. The van der Waals surface area contributed by atoms with E-state index in [1.165, 1.54) is 0 Å². The highest BCUT2D eigenvalue weighted by Crippen LogP contribution is 2.36. The molecule has 3 aromatic carbocycles. The van der Waals surface area contributed by atoms with Gasteiger partial charge in [0.05, 0.1) is 17.0 Å². The number of nitrogens with one attached hydrogen (secondary N) is 1. The van der Waals surface area contributed by atoms with Gasteiger partial charge < -0.3 is 29.0 Å². The Kier molecular flexibility index (Phi) is 9.81. The van der Waals surface area contributed by atoms with Crippen molar-refractivity contribution in [3.05, 3.63) is 109 Å². The number of aromatic nitrogens is 3. The van der Waals surface area contributed by atoms with Crippen LogP contribution >= 0.6 is 0 Å². The van der Waals surface area contributed by atoms with Crippen LogP contribution in [-0.2, 0) is 22.8 Å². The highest BCUT2D eigenvalue weighted by atomic mass is 28.3. The van der Waals surface area contributed by atoms with Crippen molar-refractivity contribution < 1.29 is 19.0 Å². The molecular formula is C38H43N7O4Si. The van der Waals surface area contributed by atoms with Gasteiger partial charge in [0, 0.05) is 39.7 Å². The summed E-state index contributed by atoms with van der Waals surface area (Å²) in [5, 5.41) is 11.7. The summed E-state index contributed by atoms with van der Waals surface area (Å²) < 4.78 is 19.8. The number of rotatable bonds is 11. The zero-order valence-corrected chi connectivity index (χ0v) is 29.8. The first-order valence-electron chi connectivity index (χ1n) is 17.2. The van der Waals surface area contributed by atoms with E-state index in [-0.39, 0.29) is 18.7 Å². The molecule has 2 aliphatic rings. The second-order valence-corrected chi connectivity index (χ2v) is 19.5. The summed E-state index contributed by atoms with van der Waals surface area (Å²) in [6.45, 7) is 9.52. The SMILES string of the molecule is C[Si](C)(C)CCOCn1cc2c3c(ncnc31)N(C1CCN(C(=O)OCc3ccccc3)CC1)N=C2Nc1ccc(Oc2ccccc2)cc1. The third-order valence-corrected chi connectivity index (χ3v) is 10.6. The number of ether oxygens (including phenoxy) is 3. The van der Waals surface area contributed by atoms with E-state index in [1.807, 2.05) is 94.5 Å². The second-order valence-electron chi connectivity index (χ2n) is 13.9. The molecule has 0 bridgehead atoms. The Morgan fingerprint density at radius 1 is 0.900 bits per heavy atom. The van der Waals surface area contributed by atoms with E-state index in [9.17, 15) is 4.79 Å². The Balaban J connectivity index is 1.11. The number of piperidine rings is 1. The van der Waals surface area contributed by atoms with Gasteiger partial charge in [0.25, 0.3) is 0 Å². The van der Waals surface area contributed by atoms with Crippen molar-refractivity contribution in [2.75, 3.05) is 30.0 Å². The van der Waals surface area contributed by atoms with Gasteiger partial charge in [-0.1, -0.05) is 68.2 Å². The third-order valence-electron chi connectivity index (χ3n) is 8.91. The molecule has 0 saturated carbocycles. The van der Waals surface area contributed by atoms with E-state index in [0.717, 1.165) is 51.2 Å². The van der Waals surface area contributed by atoms with Gasteiger partial charge in [-0.25, -0.2) is 19.8 Å². The van der Waals surface area contributed by atoms with Crippen molar-refractivity contribution in [3.63, 3.8) is 0 Å². The molecule has 2 aliphatic heterocycles. The number of amides is 1. The normalized spacial score (nSPS) is 14.8. The number of nitrogens with zero attached hydrogens (tertiary/aromatic N) is 6. The summed E-state index contributed by atoms with van der Waals surface area (Å²) in [4.78, 5) is 24.2. The van der Waals surface area contributed by atoms with Gasteiger partial charge in [-0.2, -0.15) is 5.10 Å². The molecule has 1 N–H and O–H groups in total. The van der Waals surface area contributed by atoms with Gasteiger partial charge in [0.1, 0.15) is 36.8 Å². The molecule has 0 unspecified atom stereocenters. The molecule has 0 atom stereocenters. The predicted octanol–water partition coefficient (Wildman–Crippen LogP) is 7.93. The van der Waals surface area contributed by atoms with E-state index >= 15 is 0 Å². The average Bonchev–Trinajstić information content (AvgIpc) is 3.51. The van der Waals surface area contributed by atoms with E-state index in [1.54, 1.807) is 11.2 Å². The molecule has 0 radical (unpaired) electrons. The standard InChI is InChI=1S/C38H43N7O4Si/c1-50(2,3)23-22-47-27-44-24-33-34-36(44)39-26-40-37(34)45(30-18-20-43(21-19-30)38(46)48-25-28-10-6-4-7-11-28)42-35(33)41-29-14-16-32(17-15-29)49-31-12-8-5-9-13-31/h4-17,24,26,30H,18-23,25,27H2,1-3H3,(H,41,42). The van der Waals surface area contributed by atoms with Crippen LogP contribution in [-0.4, -0.2) is 65.2 Å². The molecule has 7 rings (SSSR count). The van der Waals surface area contributed by atoms with Crippen molar-refractivity contribution in [1.29, 1.82) is 0 Å². The Labute approximate surface area is 293 Å². The maximum absolute atomic E-state index is 12.9. The highest BCUT2D eigenvalue weighted by molar-refractivity contribution is 6.76. The van der Waals surface area contributed by atoms with Crippen molar-refractivity contribution in [2.45, 2.75) is 57.9 Å². The quantitative estimate of drug-likeness (QED) is 0.110. The van der Waals surface area contributed by atoms with E-state index in [2.05, 4.69) is 31.2 Å². The molecule has 50 heavy (non-hydrogen) atoms. The lowest BCUT2D eigenvalue weighted by atomic mass is 10.0. The number of likely N-dealkylation sites (tertiary alicyclic amines) is 1. The van der Waals surface area contributed by atoms with Crippen LogP contribution in [0.25, 0.3) is 11.0 Å². The number of benzene rings is 3. The number of carbonyl (C=O) groups is 1. The van der Waals surface area contributed by atoms with E-state index < -0.39 is 8.07 Å². The lowest BCUT2D eigenvalue weighted by Crippen LogP contribution is -2.46. The minimum atomic E-state index is -1.23. The zero-order chi connectivity index (χ0) is 34.5. The number of amidine groups is 1. The number of hydrogen-bond donors (Lipinski definition) is 1. The van der Waals surface area contributed by atoms with Crippen LogP contribution < -0.4 is 15.1 Å². The Bertz CT molecular complexity index is 1940. The molecule has 1 amide bonds. The average molecular weight is 690 g/mol. The Morgan fingerprint density at radius 3 is 2.32 bits per heavy atom. The monoisotopic (exact) mass is 689 g/mol. The van der Waals surface area contributed by atoms with Crippen LogP contribution in [0.15, 0.2) is 103 Å². The van der Waals surface area contributed by atoms with Crippen LogP contribution in [0.1, 0.15) is 24.0 Å². The number of hydrazone groups is 1. The third kappa shape index (κ3) is 7.82. The van der Waals surface area contributed by atoms with E-state index in [0.29, 0.717) is 45.1 Å². The lowest BCUT2D eigenvalue weighted by Gasteiger charge is -2.37. The summed E-state index contributed by atoms with van der Waals surface area (Å²) in [7, 11) is -1.23. The van der Waals surface area contributed by atoms with Crippen LogP contribution in [0.3, 0.4) is 0 Å². The number of carbonyl (C=O) groups excluding carboxylic acids is 1. The summed E-state index contributed by atoms with van der Waals surface area (Å²) in [6, 6.07) is 28.4. The molecule has 1 fully saturated rings.